The van der Waals surface area contributed by atoms with Crippen molar-refractivity contribution in [2.24, 2.45) is 11.8 Å². The normalized spacial score (nSPS) is 33.4. The number of nitrogens with zero attached hydrogens (tertiary/aromatic N) is 1. The largest absolute Gasteiger partial charge is 0.299 e. The molecule has 0 unspecified atom stereocenters. The average molecular weight is 263 g/mol. The second-order valence-corrected chi connectivity index (χ2v) is 5.47. The van der Waals surface area contributed by atoms with Gasteiger partial charge in [-0.05, 0) is 30.5 Å². The molecule has 0 spiro atoms. The van der Waals surface area contributed by atoms with Crippen LogP contribution < -0.4 is 0 Å². The molecule has 0 radical (unpaired) electrons. The van der Waals surface area contributed by atoms with Crippen molar-refractivity contribution < 1.29 is 14.1 Å². The van der Waals surface area contributed by atoms with Crippen molar-refractivity contribution in [3.05, 3.63) is 45.8 Å². The molecule has 0 N–H and O–H groups in total. The van der Waals surface area contributed by atoms with Crippen LogP contribution in [0.2, 0.25) is 0 Å². The molecule has 3 saturated carbocycles. The first-order valence-electron chi connectivity index (χ1n) is 6.49. The lowest BCUT2D eigenvalue weighted by atomic mass is 9.59. The molecule has 0 heterocycles. The van der Waals surface area contributed by atoms with Crippen molar-refractivity contribution in [3.63, 3.8) is 0 Å². The van der Waals surface area contributed by atoms with E-state index in [0.29, 0.717) is 12.0 Å². The Morgan fingerprint density at radius 3 is 2.47 bits per heavy atom. The first-order valence-corrected chi connectivity index (χ1v) is 6.49. The van der Waals surface area contributed by atoms with Gasteiger partial charge in [-0.3, -0.25) is 14.9 Å². The Kier molecular flexibility index (Phi) is 2.84. The summed E-state index contributed by atoms with van der Waals surface area (Å²) in [6.07, 6.45) is 1.80. The number of ketones is 1. The fraction of sp³-hybridized carbons (Fsp3) is 0.500. The van der Waals surface area contributed by atoms with Crippen LogP contribution in [0.4, 0.5) is 4.39 Å². The zero-order valence-electron chi connectivity index (χ0n) is 10.3. The van der Waals surface area contributed by atoms with Gasteiger partial charge in [-0.2, -0.15) is 0 Å². The van der Waals surface area contributed by atoms with E-state index in [1.165, 1.54) is 12.1 Å². The molecule has 3 aliphatic rings. The van der Waals surface area contributed by atoms with Crippen LogP contribution in [0.3, 0.4) is 0 Å². The fourth-order valence-electron chi connectivity index (χ4n) is 3.69. The molecule has 19 heavy (non-hydrogen) atoms. The molecule has 5 heteroatoms. The van der Waals surface area contributed by atoms with Crippen LogP contribution in [-0.4, -0.2) is 16.7 Å². The number of benzene rings is 1. The van der Waals surface area contributed by atoms with Gasteiger partial charge in [0.05, 0.1) is 5.92 Å². The minimum atomic E-state index is -0.707. The third kappa shape index (κ3) is 1.93. The molecule has 1 aromatic carbocycles. The number of hydrogen-bond donors (Lipinski definition) is 0. The number of rotatable bonds is 2. The number of carbonyl (C=O) groups is 1. The van der Waals surface area contributed by atoms with Crippen LogP contribution in [0.15, 0.2) is 24.3 Å². The molecule has 1 aromatic rings. The van der Waals surface area contributed by atoms with E-state index >= 15 is 0 Å². The molecule has 3 aliphatic carbocycles. The second kappa shape index (κ2) is 4.40. The van der Waals surface area contributed by atoms with Crippen molar-refractivity contribution >= 4 is 5.78 Å². The molecule has 100 valence electrons. The van der Waals surface area contributed by atoms with E-state index in [4.69, 9.17) is 0 Å². The SMILES string of the molecule is O=C1C[C@@H]2CC[C@H]1[C@H](c1ccc(F)cc1)[C@H]2[N+](=O)[O-]. The van der Waals surface area contributed by atoms with Crippen LogP contribution in [-0.2, 0) is 4.79 Å². The minimum absolute atomic E-state index is 0.128. The summed E-state index contributed by atoms with van der Waals surface area (Å²) < 4.78 is 13.0. The van der Waals surface area contributed by atoms with Crippen molar-refractivity contribution in [2.75, 3.05) is 0 Å². The standard InChI is InChI=1S/C14H14FNO3/c15-10-4-1-8(2-5-10)13-11-6-3-9(7-12(11)17)14(13)16(18)19/h1-2,4-5,9,11,13-14H,3,6-7H2/t9-,11+,13-,14-/m0/s1. The number of fused-ring (bicyclic) bond motifs is 3. The van der Waals surface area contributed by atoms with Crippen molar-refractivity contribution in [1.29, 1.82) is 0 Å². The van der Waals surface area contributed by atoms with Crippen LogP contribution in [0.1, 0.15) is 30.7 Å². The summed E-state index contributed by atoms with van der Waals surface area (Å²) in [5, 5.41) is 11.3. The lowest BCUT2D eigenvalue weighted by molar-refractivity contribution is -0.542. The number of nitro groups is 1. The van der Waals surface area contributed by atoms with Crippen molar-refractivity contribution in [2.45, 2.75) is 31.2 Å². The highest BCUT2D eigenvalue weighted by molar-refractivity contribution is 5.84. The van der Waals surface area contributed by atoms with Crippen molar-refractivity contribution in [3.8, 4) is 0 Å². The van der Waals surface area contributed by atoms with Crippen LogP contribution in [0, 0.1) is 27.8 Å². The highest BCUT2D eigenvalue weighted by Crippen LogP contribution is 2.49. The molecule has 0 aliphatic heterocycles. The van der Waals surface area contributed by atoms with Gasteiger partial charge < -0.3 is 0 Å². The fourth-order valence-corrected chi connectivity index (χ4v) is 3.69. The maximum Gasteiger partial charge on any atom is 0.223 e. The van der Waals surface area contributed by atoms with Gasteiger partial charge >= 0.3 is 0 Å². The van der Waals surface area contributed by atoms with E-state index in [1.807, 2.05) is 0 Å². The van der Waals surface area contributed by atoms with E-state index in [1.54, 1.807) is 12.1 Å². The first-order chi connectivity index (χ1) is 9.08. The van der Waals surface area contributed by atoms with E-state index < -0.39 is 12.0 Å². The van der Waals surface area contributed by atoms with Crippen LogP contribution >= 0.6 is 0 Å². The molecule has 0 saturated heterocycles. The Morgan fingerprint density at radius 2 is 1.89 bits per heavy atom. The smallest absolute Gasteiger partial charge is 0.223 e. The third-order valence-electron chi connectivity index (χ3n) is 4.51. The van der Waals surface area contributed by atoms with E-state index in [0.717, 1.165) is 12.8 Å². The molecular weight excluding hydrogens is 249 g/mol. The minimum Gasteiger partial charge on any atom is -0.299 e. The Bertz CT molecular complexity index is 528. The number of carbonyl (C=O) groups excluding carboxylic acids is 1. The topological polar surface area (TPSA) is 60.2 Å². The summed E-state index contributed by atoms with van der Waals surface area (Å²) in [5.74, 6) is -1.07. The molecule has 0 amide bonds. The number of halogens is 1. The summed E-state index contributed by atoms with van der Waals surface area (Å²) in [6, 6.07) is 5.05. The van der Waals surface area contributed by atoms with Crippen molar-refractivity contribution in [1.82, 2.24) is 0 Å². The highest BCUT2D eigenvalue weighted by atomic mass is 19.1. The Balaban J connectivity index is 2.02. The van der Waals surface area contributed by atoms with Gasteiger partial charge in [0.25, 0.3) is 0 Å². The maximum atomic E-state index is 13.0. The predicted molar refractivity (Wildman–Crippen MR) is 65.8 cm³/mol. The summed E-state index contributed by atoms with van der Waals surface area (Å²) in [6.45, 7) is 0. The zero-order valence-corrected chi connectivity index (χ0v) is 10.3. The van der Waals surface area contributed by atoms with Crippen LogP contribution in [0.25, 0.3) is 0 Å². The average Bonchev–Trinajstić information content (AvgIpc) is 2.39. The molecule has 4 nitrogen and oxygen atoms in total. The van der Waals surface area contributed by atoms with E-state index in [9.17, 15) is 19.3 Å². The van der Waals surface area contributed by atoms with Gasteiger partial charge in [0, 0.05) is 23.2 Å². The summed E-state index contributed by atoms with van der Waals surface area (Å²) in [4.78, 5) is 23.0. The molecule has 0 aromatic heterocycles. The summed E-state index contributed by atoms with van der Waals surface area (Å²) in [7, 11) is 0. The van der Waals surface area contributed by atoms with Crippen LogP contribution in [0.5, 0.6) is 0 Å². The van der Waals surface area contributed by atoms with Gasteiger partial charge in [-0.1, -0.05) is 12.1 Å². The van der Waals surface area contributed by atoms with Gasteiger partial charge in [0.2, 0.25) is 6.04 Å². The lowest BCUT2D eigenvalue weighted by Gasteiger charge is -2.42. The number of Topliss-reactive ketones (excluding diaryl/α,β-unsaturated/α-hetero) is 1. The van der Waals surface area contributed by atoms with E-state index in [2.05, 4.69) is 0 Å². The summed E-state index contributed by atoms with van der Waals surface area (Å²) >= 11 is 0. The number of hydrogen-bond acceptors (Lipinski definition) is 3. The molecule has 4 atom stereocenters. The monoisotopic (exact) mass is 263 g/mol. The maximum absolute atomic E-state index is 13.0. The van der Waals surface area contributed by atoms with Gasteiger partial charge in [0.15, 0.2) is 0 Å². The predicted octanol–water partition coefficient (Wildman–Crippen LogP) is 2.55. The Labute approximate surface area is 109 Å². The highest BCUT2D eigenvalue weighted by Gasteiger charge is 2.54. The summed E-state index contributed by atoms with van der Waals surface area (Å²) in [5.41, 5.74) is 0.714. The van der Waals surface area contributed by atoms with E-state index in [-0.39, 0.29) is 28.4 Å². The first kappa shape index (κ1) is 12.3. The molecule has 2 bridgehead atoms. The quantitative estimate of drug-likeness (QED) is 0.608. The Morgan fingerprint density at radius 1 is 1.21 bits per heavy atom. The molecular formula is C14H14FNO3. The lowest BCUT2D eigenvalue weighted by Crippen LogP contribution is -2.50. The third-order valence-corrected chi connectivity index (χ3v) is 4.51. The zero-order chi connectivity index (χ0) is 13.6. The molecule has 4 rings (SSSR count). The van der Waals surface area contributed by atoms with Gasteiger partial charge in [-0.25, -0.2) is 4.39 Å². The molecule has 3 fully saturated rings. The second-order valence-electron chi connectivity index (χ2n) is 5.47. The van der Waals surface area contributed by atoms with Gasteiger partial charge in [0.1, 0.15) is 11.6 Å². The Hall–Kier alpha value is -1.78. The van der Waals surface area contributed by atoms with Gasteiger partial charge in [-0.15, -0.1) is 0 Å².